The lowest BCUT2D eigenvalue weighted by Gasteiger charge is -2.30. The third-order valence-corrected chi connectivity index (χ3v) is 4.21. The van der Waals surface area contributed by atoms with Crippen LogP contribution in [-0.4, -0.2) is 42.6 Å². The smallest absolute Gasteiger partial charge is 0.138 e. The summed E-state index contributed by atoms with van der Waals surface area (Å²) in [7, 11) is 0. The normalized spacial score (nSPS) is 27.5. The summed E-state index contributed by atoms with van der Waals surface area (Å²) < 4.78 is 11.1. The van der Waals surface area contributed by atoms with E-state index in [2.05, 4.69) is 12.2 Å². The topological polar surface area (TPSA) is 50.7 Å². The second-order valence-electron chi connectivity index (χ2n) is 5.46. The minimum Gasteiger partial charge on any atom is -0.489 e. The van der Waals surface area contributed by atoms with Gasteiger partial charge in [-0.3, -0.25) is 0 Å². The number of β-amino-alcohol motifs (C(OH)–C–C–N with tert-alkyl or cyclic N) is 1. The van der Waals surface area contributed by atoms with Crippen molar-refractivity contribution in [2.45, 2.75) is 38.0 Å². The standard InChI is InChI=1S/C15H22ClNO3/c1-11-15(2,7-8-19-11)17-9-12(18)10-20-14-6-4-3-5-13(14)16/h3-6,11-12,17-18H,7-10H2,1-2H3. The van der Waals surface area contributed by atoms with Crippen molar-refractivity contribution in [2.75, 3.05) is 19.8 Å². The number of nitrogens with one attached hydrogen (secondary N) is 1. The van der Waals surface area contributed by atoms with Crippen molar-refractivity contribution in [3.8, 4) is 5.75 Å². The molecule has 0 bridgehead atoms. The molecule has 112 valence electrons. The average Bonchev–Trinajstić information content (AvgIpc) is 2.76. The second-order valence-corrected chi connectivity index (χ2v) is 5.86. The van der Waals surface area contributed by atoms with Gasteiger partial charge in [-0.05, 0) is 32.4 Å². The molecule has 1 heterocycles. The zero-order valence-corrected chi connectivity index (χ0v) is 12.7. The molecule has 1 saturated heterocycles. The molecular weight excluding hydrogens is 278 g/mol. The zero-order valence-electron chi connectivity index (χ0n) is 11.9. The molecule has 1 fully saturated rings. The van der Waals surface area contributed by atoms with Gasteiger partial charge in [-0.15, -0.1) is 0 Å². The maximum atomic E-state index is 9.99. The molecule has 0 radical (unpaired) electrons. The van der Waals surface area contributed by atoms with Gasteiger partial charge in [0, 0.05) is 18.7 Å². The molecular formula is C15H22ClNO3. The van der Waals surface area contributed by atoms with Crippen LogP contribution in [0.3, 0.4) is 0 Å². The minimum atomic E-state index is -0.587. The number of ether oxygens (including phenoxy) is 2. The molecule has 4 nitrogen and oxygen atoms in total. The van der Waals surface area contributed by atoms with Gasteiger partial charge in [0.25, 0.3) is 0 Å². The first-order chi connectivity index (χ1) is 9.51. The van der Waals surface area contributed by atoms with Gasteiger partial charge in [0.05, 0.1) is 11.1 Å². The van der Waals surface area contributed by atoms with Gasteiger partial charge in [-0.1, -0.05) is 23.7 Å². The Bertz CT molecular complexity index is 443. The van der Waals surface area contributed by atoms with E-state index in [1.54, 1.807) is 12.1 Å². The van der Waals surface area contributed by atoms with Gasteiger partial charge in [0.15, 0.2) is 0 Å². The highest BCUT2D eigenvalue weighted by atomic mass is 35.5. The van der Waals surface area contributed by atoms with Crippen LogP contribution in [-0.2, 0) is 4.74 Å². The summed E-state index contributed by atoms with van der Waals surface area (Å²) in [4.78, 5) is 0. The molecule has 5 heteroatoms. The van der Waals surface area contributed by atoms with E-state index >= 15 is 0 Å². The monoisotopic (exact) mass is 299 g/mol. The molecule has 3 atom stereocenters. The lowest BCUT2D eigenvalue weighted by molar-refractivity contribution is 0.0687. The molecule has 1 aromatic rings. The van der Waals surface area contributed by atoms with Crippen LogP contribution in [0.25, 0.3) is 0 Å². The fraction of sp³-hybridized carbons (Fsp3) is 0.600. The van der Waals surface area contributed by atoms with Gasteiger partial charge >= 0.3 is 0 Å². The van der Waals surface area contributed by atoms with E-state index in [1.165, 1.54) is 0 Å². The largest absolute Gasteiger partial charge is 0.489 e. The second kappa shape index (κ2) is 6.76. The summed E-state index contributed by atoms with van der Waals surface area (Å²) in [5, 5.41) is 13.9. The van der Waals surface area contributed by atoms with E-state index in [1.807, 2.05) is 19.1 Å². The van der Waals surface area contributed by atoms with E-state index in [4.69, 9.17) is 21.1 Å². The highest BCUT2D eigenvalue weighted by Gasteiger charge is 2.36. The van der Waals surface area contributed by atoms with Gasteiger partial charge in [0.1, 0.15) is 18.5 Å². The molecule has 20 heavy (non-hydrogen) atoms. The Morgan fingerprint density at radius 1 is 1.55 bits per heavy atom. The summed E-state index contributed by atoms with van der Waals surface area (Å²) in [6, 6.07) is 7.25. The fourth-order valence-corrected chi connectivity index (χ4v) is 2.41. The molecule has 0 amide bonds. The van der Waals surface area contributed by atoms with E-state index in [0.29, 0.717) is 17.3 Å². The maximum Gasteiger partial charge on any atom is 0.138 e. The zero-order chi connectivity index (χ0) is 14.6. The molecule has 0 spiro atoms. The minimum absolute atomic E-state index is 0.0780. The first kappa shape index (κ1) is 15.6. The highest BCUT2D eigenvalue weighted by Crippen LogP contribution is 2.25. The van der Waals surface area contributed by atoms with Gasteiger partial charge in [-0.2, -0.15) is 0 Å². The number of para-hydroxylation sites is 1. The number of halogens is 1. The third-order valence-electron chi connectivity index (χ3n) is 3.90. The van der Waals surface area contributed by atoms with Crippen LogP contribution in [0.1, 0.15) is 20.3 Å². The van der Waals surface area contributed by atoms with Crippen LogP contribution in [0.4, 0.5) is 0 Å². The third kappa shape index (κ3) is 3.85. The molecule has 1 aliphatic rings. The highest BCUT2D eigenvalue weighted by molar-refractivity contribution is 6.32. The average molecular weight is 300 g/mol. The van der Waals surface area contributed by atoms with Crippen molar-refractivity contribution in [3.05, 3.63) is 29.3 Å². The molecule has 2 rings (SSSR count). The Morgan fingerprint density at radius 2 is 2.30 bits per heavy atom. The molecule has 3 unspecified atom stereocenters. The van der Waals surface area contributed by atoms with Crippen LogP contribution in [0, 0.1) is 0 Å². The number of aliphatic hydroxyl groups is 1. The van der Waals surface area contributed by atoms with Crippen molar-refractivity contribution >= 4 is 11.6 Å². The van der Waals surface area contributed by atoms with Crippen LogP contribution in [0.5, 0.6) is 5.75 Å². The van der Waals surface area contributed by atoms with Crippen LogP contribution in [0.15, 0.2) is 24.3 Å². The molecule has 0 aliphatic carbocycles. The lowest BCUT2D eigenvalue weighted by Crippen LogP contribution is -2.51. The van der Waals surface area contributed by atoms with Crippen molar-refractivity contribution in [2.24, 2.45) is 0 Å². The maximum absolute atomic E-state index is 9.99. The number of hydrogen-bond acceptors (Lipinski definition) is 4. The quantitative estimate of drug-likeness (QED) is 0.846. The molecule has 2 N–H and O–H groups in total. The molecule has 0 aromatic heterocycles. The molecule has 1 aromatic carbocycles. The number of aliphatic hydroxyl groups excluding tert-OH is 1. The van der Waals surface area contributed by atoms with Crippen LogP contribution >= 0.6 is 11.6 Å². The fourth-order valence-electron chi connectivity index (χ4n) is 2.22. The summed E-state index contributed by atoms with van der Waals surface area (Å²) in [6.45, 7) is 5.60. The molecule has 1 aliphatic heterocycles. The number of rotatable bonds is 6. The van der Waals surface area contributed by atoms with E-state index in [0.717, 1.165) is 13.0 Å². The Kier molecular flexibility index (Phi) is 5.27. The summed E-state index contributed by atoms with van der Waals surface area (Å²) in [5.41, 5.74) is -0.0780. The Morgan fingerprint density at radius 3 is 2.95 bits per heavy atom. The van der Waals surface area contributed by atoms with Gasteiger partial charge in [-0.25, -0.2) is 0 Å². The summed E-state index contributed by atoms with van der Waals surface area (Å²) >= 11 is 5.99. The Hall–Kier alpha value is -0.810. The predicted octanol–water partition coefficient (Wildman–Crippen LogP) is 2.24. The van der Waals surface area contributed by atoms with E-state index < -0.39 is 6.10 Å². The summed E-state index contributed by atoms with van der Waals surface area (Å²) in [5.74, 6) is 0.594. The first-order valence-corrected chi connectivity index (χ1v) is 7.31. The molecule has 0 saturated carbocycles. The van der Waals surface area contributed by atoms with Crippen LogP contribution < -0.4 is 10.1 Å². The number of hydrogen-bond donors (Lipinski definition) is 2. The van der Waals surface area contributed by atoms with Gasteiger partial charge in [0.2, 0.25) is 0 Å². The first-order valence-electron chi connectivity index (χ1n) is 6.93. The summed E-state index contributed by atoms with van der Waals surface area (Å²) in [6.07, 6.45) is 0.516. The Labute approximate surface area is 125 Å². The van der Waals surface area contributed by atoms with Crippen molar-refractivity contribution < 1.29 is 14.6 Å². The van der Waals surface area contributed by atoms with Gasteiger partial charge < -0.3 is 19.9 Å². The van der Waals surface area contributed by atoms with E-state index in [9.17, 15) is 5.11 Å². The number of benzene rings is 1. The SMILES string of the molecule is CC1OCCC1(C)NCC(O)COc1ccccc1Cl. The van der Waals surface area contributed by atoms with Crippen molar-refractivity contribution in [1.29, 1.82) is 0 Å². The predicted molar refractivity (Wildman–Crippen MR) is 79.4 cm³/mol. The van der Waals surface area contributed by atoms with Crippen molar-refractivity contribution in [1.82, 2.24) is 5.32 Å². The van der Waals surface area contributed by atoms with Crippen molar-refractivity contribution in [3.63, 3.8) is 0 Å². The van der Waals surface area contributed by atoms with Crippen LogP contribution in [0.2, 0.25) is 5.02 Å². The Balaban J connectivity index is 1.76. The van der Waals surface area contributed by atoms with E-state index in [-0.39, 0.29) is 18.2 Å². The lowest BCUT2D eigenvalue weighted by atomic mass is 9.94.